The summed E-state index contributed by atoms with van der Waals surface area (Å²) in [6.07, 6.45) is 6.08. The zero-order chi connectivity index (χ0) is 13.2. The first-order chi connectivity index (χ1) is 8.46. The number of urea groups is 1. The molecule has 0 bridgehead atoms. The first kappa shape index (κ1) is 13.7. The standard InChI is InChI=1S/C15H28N2O/c1-15(2,3)11-13-7-10-17(12-13)14(18)16-8-5-4-6-9-16/h13H,4-12H2,1-3H3. The lowest BCUT2D eigenvalue weighted by atomic mass is 9.84. The molecule has 2 amide bonds. The van der Waals surface area contributed by atoms with Gasteiger partial charge in [0.25, 0.3) is 0 Å². The van der Waals surface area contributed by atoms with E-state index in [9.17, 15) is 4.79 Å². The molecule has 2 saturated heterocycles. The van der Waals surface area contributed by atoms with Crippen LogP contribution < -0.4 is 0 Å². The van der Waals surface area contributed by atoms with Crippen LogP contribution in [0.3, 0.4) is 0 Å². The van der Waals surface area contributed by atoms with Crippen molar-refractivity contribution in [1.82, 2.24) is 9.80 Å². The van der Waals surface area contributed by atoms with Crippen LogP contribution in [0.5, 0.6) is 0 Å². The topological polar surface area (TPSA) is 23.6 Å². The molecule has 1 atom stereocenters. The zero-order valence-corrected chi connectivity index (χ0v) is 12.2. The number of carbonyl (C=O) groups is 1. The van der Waals surface area contributed by atoms with Crippen molar-refractivity contribution in [2.45, 2.75) is 52.9 Å². The fraction of sp³-hybridized carbons (Fsp3) is 0.933. The fourth-order valence-corrected chi connectivity index (χ4v) is 3.32. The minimum absolute atomic E-state index is 0.297. The molecule has 18 heavy (non-hydrogen) atoms. The van der Waals surface area contributed by atoms with Gasteiger partial charge in [0.05, 0.1) is 0 Å². The van der Waals surface area contributed by atoms with E-state index in [1.165, 1.54) is 32.1 Å². The molecule has 2 heterocycles. The number of carbonyl (C=O) groups excluding carboxylic acids is 1. The normalized spacial score (nSPS) is 25.6. The van der Waals surface area contributed by atoms with Gasteiger partial charge in [-0.25, -0.2) is 4.79 Å². The third-order valence-corrected chi connectivity index (χ3v) is 4.08. The molecule has 2 rings (SSSR count). The van der Waals surface area contributed by atoms with Crippen molar-refractivity contribution in [2.75, 3.05) is 26.2 Å². The van der Waals surface area contributed by atoms with E-state index in [1.807, 2.05) is 0 Å². The summed E-state index contributed by atoms with van der Waals surface area (Å²) in [5.41, 5.74) is 0.384. The van der Waals surface area contributed by atoms with Crippen LogP contribution in [0.2, 0.25) is 0 Å². The summed E-state index contributed by atoms with van der Waals surface area (Å²) in [5.74, 6) is 0.707. The Labute approximate surface area is 112 Å². The number of hydrogen-bond donors (Lipinski definition) is 0. The van der Waals surface area contributed by atoms with Crippen molar-refractivity contribution >= 4 is 6.03 Å². The number of likely N-dealkylation sites (tertiary alicyclic amines) is 2. The van der Waals surface area contributed by atoms with Crippen LogP contribution in [0, 0.1) is 11.3 Å². The molecule has 0 aromatic rings. The number of nitrogens with zero attached hydrogens (tertiary/aromatic N) is 2. The number of rotatable bonds is 1. The molecule has 0 aromatic carbocycles. The predicted molar refractivity (Wildman–Crippen MR) is 74.6 cm³/mol. The first-order valence-corrected chi connectivity index (χ1v) is 7.49. The molecule has 0 N–H and O–H groups in total. The van der Waals surface area contributed by atoms with Crippen molar-refractivity contribution < 1.29 is 4.79 Å². The summed E-state index contributed by atoms with van der Waals surface area (Å²) in [4.78, 5) is 16.5. The minimum atomic E-state index is 0.297. The summed E-state index contributed by atoms with van der Waals surface area (Å²) in [6, 6.07) is 0.297. The molecule has 0 radical (unpaired) electrons. The number of amides is 2. The van der Waals surface area contributed by atoms with Gasteiger partial charge < -0.3 is 9.80 Å². The van der Waals surface area contributed by atoms with Gasteiger partial charge in [-0.1, -0.05) is 20.8 Å². The Balaban J connectivity index is 1.82. The maximum absolute atomic E-state index is 12.4. The van der Waals surface area contributed by atoms with E-state index in [-0.39, 0.29) is 0 Å². The van der Waals surface area contributed by atoms with Gasteiger partial charge in [0.2, 0.25) is 0 Å². The van der Waals surface area contributed by atoms with Crippen LogP contribution >= 0.6 is 0 Å². The second-order valence-corrected chi connectivity index (χ2v) is 7.20. The molecule has 0 spiro atoms. The predicted octanol–water partition coefficient (Wildman–Crippen LogP) is 3.35. The van der Waals surface area contributed by atoms with Crippen LogP contribution in [0.1, 0.15) is 52.9 Å². The molecule has 0 aliphatic carbocycles. The van der Waals surface area contributed by atoms with Gasteiger partial charge in [0, 0.05) is 26.2 Å². The third-order valence-electron chi connectivity index (χ3n) is 4.08. The minimum Gasteiger partial charge on any atom is -0.325 e. The van der Waals surface area contributed by atoms with Crippen molar-refractivity contribution in [1.29, 1.82) is 0 Å². The van der Waals surface area contributed by atoms with Gasteiger partial charge in [-0.3, -0.25) is 0 Å². The molecule has 3 heteroatoms. The van der Waals surface area contributed by atoms with Crippen molar-refractivity contribution in [3.8, 4) is 0 Å². The van der Waals surface area contributed by atoms with E-state index in [0.717, 1.165) is 26.2 Å². The maximum Gasteiger partial charge on any atom is 0.320 e. The highest BCUT2D eigenvalue weighted by molar-refractivity contribution is 5.74. The highest BCUT2D eigenvalue weighted by atomic mass is 16.2. The largest absolute Gasteiger partial charge is 0.325 e. The van der Waals surface area contributed by atoms with Crippen LogP contribution in [0.15, 0.2) is 0 Å². The summed E-state index contributed by atoms with van der Waals surface area (Å²) in [6.45, 7) is 10.8. The Kier molecular flexibility index (Phi) is 4.18. The van der Waals surface area contributed by atoms with Gasteiger partial charge in [0.1, 0.15) is 0 Å². The summed E-state index contributed by atoms with van der Waals surface area (Å²) in [5, 5.41) is 0. The van der Waals surface area contributed by atoms with Gasteiger partial charge in [-0.15, -0.1) is 0 Å². The Morgan fingerprint density at radius 3 is 2.33 bits per heavy atom. The second-order valence-electron chi connectivity index (χ2n) is 7.20. The fourth-order valence-electron chi connectivity index (χ4n) is 3.32. The monoisotopic (exact) mass is 252 g/mol. The molecule has 2 aliphatic rings. The van der Waals surface area contributed by atoms with Gasteiger partial charge in [-0.2, -0.15) is 0 Å². The van der Waals surface area contributed by atoms with Crippen molar-refractivity contribution in [3.05, 3.63) is 0 Å². The van der Waals surface area contributed by atoms with Crippen molar-refractivity contribution in [3.63, 3.8) is 0 Å². The van der Waals surface area contributed by atoms with Gasteiger partial charge >= 0.3 is 6.03 Å². The average Bonchev–Trinajstić information content (AvgIpc) is 2.75. The van der Waals surface area contributed by atoms with Gasteiger partial charge in [0.15, 0.2) is 0 Å². The highest BCUT2D eigenvalue weighted by Gasteiger charge is 2.31. The summed E-state index contributed by atoms with van der Waals surface area (Å²) >= 11 is 0. The Morgan fingerprint density at radius 1 is 1.06 bits per heavy atom. The van der Waals surface area contributed by atoms with Gasteiger partial charge in [-0.05, 0) is 43.4 Å². The Hall–Kier alpha value is -0.730. The second kappa shape index (κ2) is 5.50. The zero-order valence-electron chi connectivity index (χ0n) is 12.2. The molecular formula is C15H28N2O. The van der Waals surface area contributed by atoms with Crippen molar-refractivity contribution in [2.24, 2.45) is 11.3 Å². The van der Waals surface area contributed by atoms with E-state index >= 15 is 0 Å². The summed E-state index contributed by atoms with van der Waals surface area (Å²) < 4.78 is 0. The van der Waals surface area contributed by atoms with E-state index in [4.69, 9.17) is 0 Å². The Morgan fingerprint density at radius 2 is 1.72 bits per heavy atom. The van der Waals surface area contributed by atoms with Crippen LogP contribution in [0.25, 0.3) is 0 Å². The van der Waals surface area contributed by atoms with Crippen LogP contribution in [0.4, 0.5) is 4.79 Å². The molecule has 104 valence electrons. The number of hydrogen-bond acceptors (Lipinski definition) is 1. The van der Waals surface area contributed by atoms with E-state index in [2.05, 4.69) is 30.6 Å². The quantitative estimate of drug-likeness (QED) is 0.702. The SMILES string of the molecule is CC(C)(C)CC1CCN(C(=O)N2CCCCC2)C1. The lowest BCUT2D eigenvalue weighted by Gasteiger charge is -2.31. The molecule has 3 nitrogen and oxygen atoms in total. The van der Waals surface area contributed by atoms with E-state index in [1.54, 1.807) is 0 Å². The van der Waals surface area contributed by atoms with Crippen LogP contribution in [-0.2, 0) is 0 Å². The van der Waals surface area contributed by atoms with E-state index < -0.39 is 0 Å². The average molecular weight is 252 g/mol. The highest BCUT2D eigenvalue weighted by Crippen LogP contribution is 2.30. The molecular weight excluding hydrogens is 224 g/mol. The molecule has 0 aromatic heterocycles. The lowest BCUT2D eigenvalue weighted by molar-refractivity contribution is 0.150. The van der Waals surface area contributed by atoms with Crippen LogP contribution in [-0.4, -0.2) is 42.0 Å². The molecule has 2 fully saturated rings. The summed E-state index contributed by atoms with van der Waals surface area (Å²) in [7, 11) is 0. The van der Waals surface area contributed by atoms with E-state index in [0.29, 0.717) is 17.4 Å². The maximum atomic E-state index is 12.4. The molecule has 2 aliphatic heterocycles. The lowest BCUT2D eigenvalue weighted by Crippen LogP contribution is -2.44. The molecule has 0 saturated carbocycles. The third kappa shape index (κ3) is 3.63. The first-order valence-electron chi connectivity index (χ1n) is 7.49. The number of piperidine rings is 1. The Bertz CT molecular complexity index is 289. The molecule has 1 unspecified atom stereocenters. The smallest absolute Gasteiger partial charge is 0.320 e.